The summed E-state index contributed by atoms with van der Waals surface area (Å²) >= 11 is 0. The molecule has 1 heterocycles. The first-order valence-electron chi connectivity index (χ1n) is 8.43. The third kappa shape index (κ3) is 3.46. The first-order chi connectivity index (χ1) is 11.2. The van der Waals surface area contributed by atoms with Gasteiger partial charge in [0, 0.05) is 13.1 Å². The molecule has 0 bridgehead atoms. The van der Waals surface area contributed by atoms with Gasteiger partial charge in [0.1, 0.15) is 0 Å². The van der Waals surface area contributed by atoms with Crippen molar-refractivity contribution in [2.24, 2.45) is 11.8 Å². The van der Waals surface area contributed by atoms with Crippen LogP contribution in [0.5, 0.6) is 0 Å². The standard InChI is InChI=1S/C19H23NO3/c21-18(16-8-4-5-9-17(16)19(22)23)20-12-10-15(11-13-20)14-6-2-1-3-7-14/h1-3,6-7,10,16-17H,4-5,8-9,11-13H2,(H,22,23)/t16-,17+/m0/s1. The second kappa shape index (κ2) is 6.99. The monoisotopic (exact) mass is 313 g/mol. The SMILES string of the molecule is O=C(O)[C@@H]1CCCC[C@@H]1C(=O)N1CC=C(c2ccccc2)CC1. The van der Waals surface area contributed by atoms with E-state index in [1.54, 1.807) is 0 Å². The first-order valence-corrected chi connectivity index (χ1v) is 8.43. The maximum Gasteiger partial charge on any atom is 0.307 e. The first kappa shape index (κ1) is 15.8. The zero-order valence-corrected chi connectivity index (χ0v) is 13.3. The van der Waals surface area contributed by atoms with Crippen LogP contribution in [-0.4, -0.2) is 35.0 Å². The van der Waals surface area contributed by atoms with Crippen LogP contribution in [-0.2, 0) is 9.59 Å². The van der Waals surface area contributed by atoms with Crippen LogP contribution < -0.4 is 0 Å². The molecule has 122 valence electrons. The van der Waals surface area contributed by atoms with Gasteiger partial charge in [0.15, 0.2) is 0 Å². The maximum absolute atomic E-state index is 12.7. The molecule has 1 saturated carbocycles. The Balaban J connectivity index is 1.68. The molecule has 1 amide bonds. The molecule has 1 aliphatic heterocycles. The van der Waals surface area contributed by atoms with Crippen LogP contribution >= 0.6 is 0 Å². The van der Waals surface area contributed by atoms with Gasteiger partial charge in [-0.3, -0.25) is 9.59 Å². The number of carboxylic acids is 1. The molecule has 1 aliphatic carbocycles. The van der Waals surface area contributed by atoms with Gasteiger partial charge < -0.3 is 10.0 Å². The zero-order valence-electron chi connectivity index (χ0n) is 13.3. The van der Waals surface area contributed by atoms with Crippen molar-refractivity contribution in [2.75, 3.05) is 13.1 Å². The molecule has 1 fully saturated rings. The van der Waals surface area contributed by atoms with Gasteiger partial charge in [-0.1, -0.05) is 49.2 Å². The zero-order chi connectivity index (χ0) is 16.2. The van der Waals surface area contributed by atoms with Crippen LogP contribution in [0.2, 0.25) is 0 Å². The quantitative estimate of drug-likeness (QED) is 0.932. The summed E-state index contributed by atoms with van der Waals surface area (Å²) in [5.41, 5.74) is 2.48. The largest absolute Gasteiger partial charge is 0.481 e. The van der Waals surface area contributed by atoms with E-state index < -0.39 is 11.9 Å². The van der Waals surface area contributed by atoms with Gasteiger partial charge in [-0.05, 0) is 30.4 Å². The van der Waals surface area contributed by atoms with E-state index in [-0.39, 0.29) is 11.8 Å². The number of carbonyl (C=O) groups excluding carboxylic acids is 1. The molecule has 2 aliphatic rings. The van der Waals surface area contributed by atoms with Crippen LogP contribution in [0, 0.1) is 11.8 Å². The van der Waals surface area contributed by atoms with Crippen LogP contribution in [0.3, 0.4) is 0 Å². The lowest BCUT2D eigenvalue weighted by molar-refractivity contribution is -0.152. The summed E-state index contributed by atoms with van der Waals surface area (Å²) < 4.78 is 0. The highest BCUT2D eigenvalue weighted by molar-refractivity contribution is 5.85. The molecule has 4 heteroatoms. The van der Waals surface area contributed by atoms with Gasteiger partial charge in [0.2, 0.25) is 5.91 Å². The number of nitrogens with zero attached hydrogens (tertiary/aromatic N) is 1. The Morgan fingerprint density at radius 1 is 1.04 bits per heavy atom. The number of rotatable bonds is 3. The van der Waals surface area contributed by atoms with Gasteiger partial charge in [0.05, 0.1) is 11.8 Å². The molecule has 0 radical (unpaired) electrons. The Kier molecular flexibility index (Phi) is 4.79. The van der Waals surface area contributed by atoms with Crippen molar-refractivity contribution < 1.29 is 14.7 Å². The number of carboxylic acid groups (broad SMARTS) is 1. The van der Waals surface area contributed by atoms with Crippen molar-refractivity contribution in [3.05, 3.63) is 42.0 Å². The molecule has 0 unspecified atom stereocenters. The topological polar surface area (TPSA) is 57.6 Å². The molecule has 2 atom stereocenters. The molecule has 1 aromatic rings. The van der Waals surface area contributed by atoms with E-state index in [1.165, 1.54) is 11.1 Å². The molecule has 3 rings (SSSR count). The number of hydrogen-bond donors (Lipinski definition) is 1. The van der Waals surface area contributed by atoms with E-state index in [0.29, 0.717) is 25.9 Å². The summed E-state index contributed by atoms with van der Waals surface area (Å²) in [6.07, 6.45) is 6.15. The van der Waals surface area contributed by atoms with Gasteiger partial charge in [-0.25, -0.2) is 0 Å². The van der Waals surface area contributed by atoms with E-state index >= 15 is 0 Å². The van der Waals surface area contributed by atoms with Gasteiger partial charge in [0.25, 0.3) is 0 Å². The highest BCUT2D eigenvalue weighted by Gasteiger charge is 2.38. The van der Waals surface area contributed by atoms with E-state index in [0.717, 1.165) is 19.3 Å². The highest BCUT2D eigenvalue weighted by Crippen LogP contribution is 2.33. The number of benzene rings is 1. The van der Waals surface area contributed by atoms with Crippen molar-refractivity contribution >= 4 is 17.4 Å². The van der Waals surface area contributed by atoms with Crippen LogP contribution in [0.4, 0.5) is 0 Å². The molecule has 4 nitrogen and oxygen atoms in total. The van der Waals surface area contributed by atoms with Crippen molar-refractivity contribution in [1.29, 1.82) is 0 Å². The Labute approximate surface area is 136 Å². The molecule has 0 spiro atoms. The molecule has 1 aromatic carbocycles. The minimum absolute atomic E-state index is 0.0282. The van der Waals surface area contributed by atoms with E-state index in [1.807, 2.05) is 23.1 Å². The Morgan fingerprint density at radius 2 is 1.74 bits per heavy atom. The number of carbonyl (C=O) groups is 2. The van der Waals surface area contributed by atoms with Crippen LogP contribution in [0.25, 0.3) is 5.57 Å². The van der Waals surface area contributed by atoms with E-state index in [9.17, 15) is 14.7 Å². The van der Waals surface area contributed by atoms with Crippen molar-refractivity contribution in [3.63, 3.8) is 0 Å². The summed E-state index contributed by atoms with van der Waals surface area (Å²) in [5, 5.41) is 9.36. The Hall–Kier alpha value is -2.10. The van der Waals surface area contributed by atoms with Crippen LogP contribution in [0.1, 0.15) is 37.7 Å². The fourth-order valence-electron chi connectivity index (χ4n) is 3.74. The second-order valence-corrected chi connectivity index (χ2v) is 6.47. The summed E-state index contributed by atoms with van der Waals surface area (Å²) in [6, 6.07) is 10.2. The lowest BCUT2D eigenvalue weighted by atomic mass is 9.78. The average molecular weight is 313 g/mol. The second-order valence-electron chi connectivity index (χ2n) is 6.47. The maximum atomic E-state index is 12.7. The summed E-state index contributed by atoms with van der Waals surface area (Å²) in [4.78, 5) is 26.0. The average Bonchev–Trinajstić information content (AvgIpc) is 2.62. The Morgan fingerprint density at radius 3 is 2.35 bits per heavy atom. The van der Waals surface area contributed by atoms with Gasteiger partial charge >= 0.3 is 5.97 Å². The highest BCUT2D eigenvalue weighted by atomic mass is 16.4. The predicted molar refractivity (Wildman–Crippen MR) is 88.7 cm³/mol. The summed E-state index contributed by atoms with van der Waals surface area (Å²) in [5.74, 6) is -1.63. The third-order valence-corrected chi connectivity index (χ3v) is 5.07. The smallest absolute Gasteiger partial charge is 0.307 e. The number of hydrogen-bond acceptors (Lipinski definition) is 2. The fourth-order valence-corrected chi connectivity index (χ4v) is 3.74. The summed E-state index contributed by atoms with van der Waals surface area (Å²) in [7, 11) is 0. The van der Waals surface area contributed by atoms with Crippen molar-refractivity contribution in [2.45, 2.75) is 32.1 Å². The third-order valence-electron chi connectivity index (χ3n) is 5.07. The molecule has 23 heavy (non-hydrogen) atoms. The Bertz CT molecular complexity index is 608. The molecule has 0 saturated heterocycles. The minimum atomic E-state index is -0.819. The number of amides is 1. The minimum Gasteiger partial charge on any atom is -0.481 e. The van der Waals surface area contributed by atoms with E-state index in [4.69, 9.17) is 0 Å². The lowest BCUT2D eigenvalue weighted by Gasteiger charge is -2.34. The molecular formula is C19H23NO3. The number of aliphatic carboxylic acids is 1. The van der Waals surface area contributed by atoms with Gasteiger partial charge in [-0.15, -0.1) is 0 Å². The predicted octanol–water partition coefficient (Wildman–Crippen LogP) is 3.19. The van der Waals surface area contributed by atoms with Crippen molar-refractivity contribution in [3.8, 4) is 0 Å². The fraction of sp³-hybridized carbons (Fsp3) is 0.474. The molecule has 0 aromatic heterocycles. The lowest BCUT2D eigenvalue weighted by Crippen LogP contribution is -2.44. The van der Waals surface area contributed by atoms with Crippen LogP contribution in [0.15, 0.2) is 36.4 Å². The van der Waals surface area contributed by atoms with E-state index in [2.05, 4.69) is 18.2 Å². The normalized spacial score (nSPS) is 24.9. The molecular weight excluding hydrogens is 290 g/mol. The van der Waals surface area contributed by atoms with Gasteiger partial charge in [-0.2, -0.15) is 0 Å². The van der Waals surface area contributed by atoms with Crippen molar-refractivity contribution in [1.82, 2.24) is 4.90 Å². The molecule has 1 N–H and O–H groups in total. The summed E-state index contributed by atoms with van der Waals surface area (Å²) in [6.45, 7) is 1.27.